The van der Waals surface area contributed by atoms with Crippen LogP contribution in [-0.4, -0.2) is 30.7 Å². The Morgan fingerprint density at radius 1 is 1.56 bits per heavy atom. The van der Waals surface area contributed by atoms with Gasteiger partial charge in [-0.1, -0.05) is 0 Å². The topological polar surface area (TPSA) is 51.6 Å². The summed E-state index contributed by atoms with van der Waals surface area (Å²) in [5, 5.41) is 0. The molecule has 1 saturated heterocycles. The maximum atomic E-state index is 5.75. The maximum Gasteiger partial charge on any atom is 0.118 e. The Bertz CT molecular complexity index is 402. The van der Waals surface area contributed by atoms with E-state index in [-0.39, 0.29) is 5.60 Å². The molecule has 0 bridgehead atoms. The van der Waals surface area contributed by atoms with E-state index in [2.05, 4.69) is 17.9 Å². The fraction of sp³-hybridized carbons (Fsp3) is 0.714. The highest BCUT2D eigenvalue weighted by Gasteiger charge is 2.31. The monoisotopic (exact) mass is 252 g/mol. The van der Waals surface area contributed by atoms with Crippen molar-refractivity contribution in [3.63, 3.8) is 0 Å². The highest BCUT2D eigenvalue weighted by molar-refractivity contribution is 5.20. The van der Waals surface area contributed by atoms with Gasteiger partial charge in [0.1, 0.15) is 11.5 Å². The van der Waals surface area contributed by atoms with Gasteiger partial charge >= 0.3 is 0 Å². The molecular formula is C14H24N2O2. The Morgan fingerprint density at radius 3 is 2.94 bits per heavy atom. The molecule has 2 heterocycles. The van der Waals surface area contributed by atoms with E-state index in [0.29, 0.717) is 6.54 Å². The molecule has 1 aliphatic rings. The van der Waals surface area contributed by atoms with Crippen molar-refractivity contribution in [2.45, 2.75) is 45.4 Å². The number of hydrogen-bond donors (Lipinski definition) is 1. The molecule has 0 spiro atoms. The molecule has 4 heteroatoms. The number of nitrogens with two attached hydrogens (primary N) is 1. The molecule has 0 saturated carbocycles. The second-order valence-electron chi connectivity index (χ2n) is 5.47. The first-order chi connectivity index (χ1) is 8.56. The molecule has 2 rings (SSSR count). The third kappa shape index (κ3) is 2.94. The average molecular weight is 252 g/mol. The van der Waals surface area contributed by atoms with Crippen molar-refractivity contribution in [1.29, 1.82) is 0 Å². The number of ether oxygens (including phenoxy) is 1. The minimum absolute atomic E-state index is 0.0173. The normalized spacial score (nSPS) is 25.6. The molecule has 2 N–H and O–H groups in total. The number of nitrogens with zero attached hydrogens (tertiary/aromatic N) is 1. The van der Waals surface area contributed by atoms with Crippen LogP contribution in [0.25, 0.3) is 0 Å². The van der Waals surface area contributed by atoms with E-state index in [1.807, 2.05) is 6.92 Å². The van der Waals surface area contributed by atoms with E-state index < -0.39 is 0 Å². The molecule has 18 heavy (non-hydrogen) atoms. The molecule has 1 atom stereocenters. The minimum Gasteiger partial charge on any atom is -0.465 e. The van der Waals surface area contributed by atoms with Crippen molar-refractivity contribution in [1.82, 2.24) is 4.90 Å². The number of rotatable bonds is 4. The SMILES string of the molecule is COC1(C)CCCN(Cc2cc(CN)c(C)o2)C1. The molecule has 1 fully saturated rings. The lowest BCUT2D eigenvalue weighted by Gasteiger charge is -2.39. The highest BCUT2D eigenvalue weighted by Crippen LogP contribution is 2.25. The first kappa shape index (κ1) is 13.6. The Kier molecular flexibility index (Phi) is 4.10. The molecular weight excluding hydrogens is 228 g/mol. The van der Waals surface area contributed by atoms with Crippen molar-refractivity contribution in [2.24, 2.45) is 5.73 Å². The van der Waals surface area contributed by atoms with Crippen LogP contribution >= 0.6 is 0 Å². The van der Waals surface area contributed by atoms with Crippen molar-refractivity contribution in [3.05, 3.63) is 23.2 Å². The largest absolute Gasteiger partial charge is 0.465 e. The van der Waals surface area contributed by atoms with Crippen LogP contribution in [0.2, 0.25) is 0 Å². The summed E-state index contributed by atoms with van der Waals surface area (Å²) in [6.07, 6.45) is 2.30. The van der Waals surface area contributed by atoms with Crippen molar-refractivity contribution < 1.29 is 9.15 Å². The summed E-state index contributed by atoms with van der Waals surface area (Å²) in [5.74, 6) is 1.95. The van der Waals surface area contributed by atoms with Crippen LogP contribution in [-0.2, 0) is 17.8 Å². The van der Waals surface area contributed by atoms with E-state index in [9.17, 15) is 0 Å². The van der Waals surface area contributed by atoms with Crippen molar-refractivity contribution in [2.75, 3.05) is 20.2 Å². The Labute approximate surface area is 109 Å². The predicted molar refractivity (Wildman–Crippen MR) is 71.3 cm³/mol. The van der Waals surface area contributed by atoms with Gasteiger partial charge in [-0.25, -0.2) is 0 Å². The number of hydrogen-bond acceptors (Lipinski definition) is 4. The van der Waals surface area contributed by atoms with Gasteiger partial charge in [-0.15, -0.1) is 0 Å². The van der Waals surface area contributed by atoms with Gasteiger partial charge in [0.25, 0.3) is 0 Å². The van der Waals surface area contributed by atoms with E-state index in [1.54, 1.807) is 7.11 Å². The minimum atomic E-state index is -0.0173. The second-order valence-corrected chi connectivity index (χ2v) is 5.47. The lowest BCUT2D eigenvalue weighted by Crippen LogP contribution is -2.46. The predicted octanol–water partition coefficient (Wildman–Crippen LogP) is 2.05. The summed E-state index contributed by atoms with van der Waals surface area (Å²) >= 11 is 0. The smallest absolute Gasteiger partial charge is 0.118 e. The standard InChI is InChI=1S/C14H24N2O2/c1-11-12(8-15)7-13(18-11)9-16-6-4-5-14(2,10-16)17-3/h7H,4-6,8-10,15H2,1-3H3. The zero-order chi connectivity index (χ0) is 13.2. The fourth-order valence-electron chi connectivity index (χ4n) is 2.70. The third-order valence-electron chi connectivity index (χ3n) is 3.90. The van der Waals surface area contributed by atoms with Gasteiger partial charge in [-0.3, -0.25) is 4.90 Å². The maximum absolute atomic E-state index is 5.75. The summed E-state index contributed by atoms with van der Waals surface area (Å²) in [6, 6.07) is 2.08. The van der Waals surface area contributed by atoms with E-state index in [4.69, 9.17) is 14.9 Å². The molecule has 0 amide bonds. The lowest BCUT2D eigenvalue weighted by molar-refractivity contribution is -0.0539. The van der Waals surface area contributed by atoms with E-state index in [0.717, 1.165) is 43.1 Å². The van der Waals surface area contributed by atoms with Crippen molar-refractivity contribution >= 4 is 0 Å². The number of methoxy groups -OCH3 is 1. The van der Waals surface area contributed by atoms with Crippen molar-refractivity contribution in [3.8, 4) is 0 Å². The third-order valence-corrected chi connectivity index (χ3v) is 3.90. The fourth-order valence-corrected chi connectivity index (χ4v) is 2.70. The van der Waals surface area contributed by atoms with Gasteiger partial charge in [0.15, 0.2) is 0 Å². The van der Waals surface area contributed by atoms with E-state index >= 15 is 0 Å². The first-order valence-electron chi connectivity index (χ1n) is 6.62. The zero-order valence-corrected chi connectivity index (χ0v) is 11.7. The Morgan fingerprint density at radius 2 is 2.33 bits per heavy atom. The molecule has 0 radical (unpaired) electrons. The second kappa shape index (κ2) is 5.43. The van der Waals surface area contributed by atoms with Crippen LogP contribution in [0.5, 0.6) is 0 Å². The molecule has 1 aliphatic heterocycles. The zero-order valence-electron chi connectivity index (χ0n) is 11.7. The number of likely N-dealkylation sites (tertiary alicyclic amines) is 1. The van der Waals surface area contributed by atoms with Crippen LogP contribution in [0.4, 0.5) is 0 Å². The molecule has 1 aromatic rings. The summed E-state index contributed by atoms with van der Waals surface area (Å²) in [5.41, 5.74) is 6.76. The molecule has 0 aromatic carbocycles. The number of aryl methyl sites for hydroxylation is 1. The highest BCUT2D eigenvalue weighted by atomic mass is 16.5. The molecule has 1 aromatic heterocycles. The van der Waals surface area contributed by atoms with Crippen LogP contribution in [0.1, 0.15) is 36.8 Å². The van der Waals surface area contributed by atoms with Gasteiger partial charge in [-0.05, 0) is 39.3 Å². The quantitative estimate of drug-likeness (QED) is 0.891. The Balaban J connectivity index is 2.00. The summed E-state index contributed by atoms with van der Waals surface area (Å²) in [7, 11) is 1.80. The first-order valence-corrected chi connectivity index (χ1v) is 6.62. The van der Waals surface area contributed by atoms with Gasteiger partial charge in [0.05, 0.1) is 12.1 Å². The van der Waals surface area contributed by atoms with E-state index in [1.165, 1.54) is 6.42 Å². The van der Waals surface area contributed by atoms with Crippen LogP contribution in [0.15, 0.2) is 10.5 Å². The number of furan rings is 1. The molecule has 1 unspecified atom stereocenters. The molecule has 0 aliphatic carbocycles. The average Bonchev–Trinajstić information content (AvgIpc) is 2.69. The van der Waals surface area contributed by atoms with Gasteiger partial charge < -0.3 is 14.9 Å². The summed E-state index contributed by atoms with van der Waals surface area (Å²) in [4.78, 5) is 2.39. The van der Waals surface area contributed by atoms with Crippen LogP contribution in [0.3, 0.4) is 0 Å². The Hall–Kier alpha value is -0.840. The van der Waals surface area contributed by atoms with Gasteiger partial charge in [0, 0.05) is 25.8 Å². The number of piperidine rings is 1. The van der Waals surface area contributed by atoms with Gasteiger partial charge in [-0.2, -0.15) is 0 Å². The molecule has 102 valence electrons. The van der Waals surface area contributed by atoms with Gasteiger partial charge in [0.2, 0.25) is 0 Å². The van der Waals surface area contributed by atoms with Crippen LogP contribution < -0.4 is 5.73 Å². The molecule has 4 nitrogen and oxygen atoms in total. The lowest BCUT2D eigenvalue weighted by atomic mass is 9.95. The summed E-state index contributed by atoms with van der Waals surface area (Å²) < 4.78 is 11.4. The summed E-state index contributed by atoms with van der Waals surface area (Å²) in [6.45, 7) is 7.61. The van der Waals surface area contributed by atoms with Crippen LogP contribution in [0, 0.1) is 6.92 Å².